The number of benzene rings is 1. The highest BCUT2D eigenvalue weighted by molar-refractivity contribution is 5.85. The van der Waals surface area contributed by atoms with Gasteiger partial charge in [0.2, 0.25) is 5.95 Å². The van der Waals surface area contributed by atoms with Gasteiger partial charge in [0.05, 0.1) is 12.9 Å². The minimum atomic E-state index is 0.0302. The molecule has 0 amide bonds. The highest BCUT2D eigenvalue weighted by Gasteiger charge is 2.20. The first-order chi connectivity index (χ1) is 14.2. The summed E-state index contributed by atoms with van der Waals surface area (Å²) in [5.74, 6) is 1.16. The summed E-state index contributed by atoms with van der Waals surface area (Å²) in [5, 5.41) is 15.8. The van der Waals surface area contributed by atoms with Crippen molar-refractivity contribution in [3.05, 3.63) is 30.6 Å². The van der Waals surface area contributed by atoms with Gasteiger partial charge in [-0.15, -0.1) is 0 Å². The Hall–Kier alpha value is -2.87. The van der Waals surface area contributed by atoms with Crippen LogP contribution < -0.4 is 15.5 Å². The molecule has 1 aromatic carbocycles. The van der Waals surface area contributed by atoms with E-state index in [0.29, 0.717) is 24.4 Å². The van der Waals surface area contributed by atoms with Gasteiger partial charge < -0.3 is 25.2 Å². The fourth-order valence-electron chi connectivity index (χ4n) is 3.89. The molecule has 0 radical (unpaired) electrons. The van der Waals surface area contributed by atoms with Crippen molar-refractivity contribution in [3.63, 3.8) is 0 Å². The Labute approximate surface area is 171 Å². The lowest BCUT2D eigenvalue weighted by molar-refractivity contribution is 0.311. The molecule has 0 unspecified atom stereocenters. The van der Waals surface area contributed by atoms with Gasteiger partial charge in [0, 0.05) is 38.1 Å². The number of rotatable bonds is 7. The van der Waals surface area contributed by atoms with E-state index in [2.05, 4.69) is 42.2 Å². The van der Waals surface area contributed by atoms with E-state index in [1.165, 1.54) is 19.3 Å². The van der Waals surface area contributed by atoms with Gasteiger partial charge >= 0.3 is 0 Å². The highest BCUT2D eigenvalue weighted by atomic mass is 16.3. The molecule has 0 spiro atoms. The minimum absolute atomic E-state index is 0.0302. The van der Waals surface area contributed by atoms with Crippen molar-refractivity contribution in [2.24, 2.45) is 0 Å². The van der Waals surface area contributed by atoms with Crippen LogP contribution in [0.5, 0.6) is 0 Å². The lowest BCUT2D eigenvalue weighted by Crippen LogP contribution is -2.14. The first kappa shape index (κ1) is 19.4. The molecule has 0 atom stereocenters. The summed E-state index contributed by atoms with van der Waals surface area (Å²) in [6, 6.07) is 8.56. The summed E-state index contributed by atoms with van der Waals surface area (Å²) in [4.78, 5) is 16.1. The molecular weight excluding hydrogens is 366 g/mol. The van der Waals surface area contributed by atoms with Crippen LogP contribution in [-0.2, 0) is 0 Å². The molecule has 154 valence electrons. The lowest BCUT2D eigenvalue weighted by Gasteiger charge is -2.23. The Balaban J connectivity index is 1.71. The molecule has 0 aliphatic heterocycles. The Morgan fingerprint density at radius 2 is 2.00 bits per heavy atom. The number of hydrogen-bond donors (Lipinski definition) is 3. The highest BCUT2D eigenvalue weighted by Crippen LogP contribution is 2.32. The SMILES string of the molecule is CN(C)c1cccc(Nc2nc(NCCO)c3ncn(C4CCCCC4)c3n2)c1. The molecule has 2 heterocycles. The number of nitrogens with zero attached hydrogens (tertiary/aromatic N) is 5. The van der Waals surface area contributed by atoms with Gasteiger partial charge in [-0.05, 0) is 31.0 Å². The van der Waals surface area contributed by atoms with Crippen molar-refractivity contribution in [1.29, 1.82) is 0 Å². The van der Waals surface area contributed by atoms with Gasteiger partial charge in [-0.25, -0.2) is 4.98 Å². The van der Waals surface area contributed by atoms with Gasteiger partial charge in [-0.1, -0.05) is 25.3 Å². The Kier molecular flexibility index (Phi) is 5.80. The first-order valence-corrected chi connectivity index (χ1v) is 10.3. The second-order valence-electron chi connectivity index (χ2n) is 7.73. The Bertz CT molecular complexity index is 963. The van der Waals surface area contributed by atoms with Crippen LogP contribution in [0.4, 0.5) is 23.1 Å². The minimum Gasteiger partial charge on any atom is -0.395 e. The molecule has 0 bridgehead atoms. The van der Waals surface area contributed by atoms with Crippen LogP contribution in [0.2, 0.25) is 0 Å². The summed E-state index contributed by atoms with van der Waals surface area (Å²) in [6.07, 6.45) is 7.98. The topological polar surface area (TPSA) is 91.1 Å². The van der Waals surface area contributed by atoms with Crippen molar-refractivity contribution in [3.8, 4) is 0 Å². The quantitative estimate of drug-likeness (QED) is 0.563. The van der Waals surface area contributed by atoms with Crippen LogP contribution in [0.25, 0.3) is 11.2 Å². The van der Waals surface area contributed by atoms with Gasteiger partial charge in [0.1, 0.15) is 0 Å². The normalized spacial score (nSPS) is 14.9. The number of aromatic nitrogens is 4. The van der Waals surface area contributed by atoms with E-state index in [9.17, 15) is 5.11 Å². The van der Waals surface area contributed by atoms with Crippen molar-refractivity contribution < 1.29 is 5.11 Å². The van der Waals surface area contributed by atoms with Crippen LogP contribution >= 0.6 is 0 Å². The number of fused-ring (bicyclic) bond motifs is 1. The summed E-state index contributed by atoms with van der Waals surface area (Å²) >= 11 is 0. The molecule has 4 rings (SSSR count). The third-order valence-corrected chi connectivity index (χ3v) is 5.41. The molecule has 3 aromatic rings. The maximum absolute atomic E-state index is 9.24. The van der Waals surface area contributed by atoms with Crippen LogP contribution in [0, 0.1) is 0 Å². The molecule has 3 N–H and O–H groups in total. The predicted molar refractivity (Wildman–Crippen MR) is 117 cm³/mol. The average Bonchev–Trinajstić information content (AvgIpc) is 3.17. The summed E-state index contributed by atoms with van der Waals surface area (Å²) in [5.41, 5.74) is 3.60. The lowest BCUT2D eigenvalue weighted by atomic mass is 9.95. The molecule has 2 aromatic heterocycles. The summed E-state index contributed by atoms with van der Waals surface area (Å²) in [7, 11) is 4.03. The zero-order valence-electron chi connectivity index (χ0n) is 17.1. The van der Waals surface area contributed by atoms with E-state index >= 15 is 0 Å². The number of imidazole rings is 1. The van der Waals surface area contributed by atoms with Crippen LogP contribution in [-0.4, -0.2) is 51.9 Å². The van der Waals surface area contributed by atoms with E-state index in [4.69, 9.17) is 4.98 Å². The summed E-state index contributed by atoms with van der Waals surface area (Å²) in [6.45, 7) is 0.445. The molecule has 1 aliphatic rings. The Morgan fingerprint density at radius 3 is 2.76 bits per heavy atom. The molecular formula is C21H29N7O. The van der Waals surface area contributed by atoms with Gasteiger partial charge in [-0.2, -0.15) is 9.97 Å². The van der Waals surface area contributed by atoms with Gasteiger partial charge in [0.15, 0.2) is 17.0 Å². The smallest absolute Gasteiger partial charge is 0.231 e. The third kappa shape index (κ3) is 4.27. The third-order valence-electron chi connectivity index (χ3n) is 5.41. The van der Waals surface area contributed by atoms with E-state index in [1.807, 2.05) is 32.6 Å². The second kappa shape index (κ2) is 8.65. The van der Waals surface area contributed by atoms with Crippen LogP contribution in [0.15, 0.2) is 30.6 Å². The molecule has 1 aliphatic carbocycles. The van der Waals surface area contributed by atoms with E-state index in [-0.39, 0.29) is 6.61 Å². The van der Waals surface area contributed by atoms with Crippen molar-refractivity contribution in [2.45, 2.75) is 38.1 Å². The maximum Gasteiger partial charge on any atom is 0.231 e. The first-order valence-electron chi connectivity index (χ1n) is 10.3. The van der Waals surface area contributed by atoms with E-state index in [1.54, 1.807) is 0 Å². The van der Waals surface area contributed by atoms with Crippen molar-refractivity contribution in [2.75, 3.05) is 42.8 Å². The largest absolute Gasteiger partial charge is 0.395 e. The molecule has 8 heteroatoms. The van der Waals surface area contributed by atoms with E-state index < -0.39 is 0 Å². The maximum atomic E-state index is 9.24. The van der Waals surface area contributed by atoms with Crippen LogP contribution in [0.3, 0.4) is 0 Å². The van der Waals surface area contributed by atoms with E-state index in [0.717, 1.165) is 35.4 Å². The van der Waals surface area contributed by atoms with Crippen molar-refractivity contribution >= 4 is 34.3 Å². The molecule has 29 heavy (non-hydrogen) atoms. The van der Waals surface area contributed by atoms with Gasteiger partial charge in [-0.3, -0.25) is 0 Å². The fourth-order valence-corrected chi connectivity index (χ4v) is 3.89. The molecule has 1 fully saturated rings. The number of aliphatic hydroxyl groups is 1. The number of aliphatic hydroxyl groups excluding tert-OH is 1. The zero-order valence-corrected chi connectivity index (χ0v) is 17.1. The molecule has 8 nitrogen and oxygen atoms in total. The van der Waals surface area contributed by atoms with Gasteiger partial charge in [0.25, 0.3) is 0 Å². The zero-order chi connectivity index (χ0) is 20.2. The number of anilines is 4. The monoisotopic (exact) mass is 395 g/mol. The second-order valence-corrected chi connectivity index (χ2v) is 7.73. The standard InChI is InChI=1S/C21H29N7O/c1-27(2)17-10-6-7-15(13-17)24-21-25-19(22-11-12-29)18-20(26-21)28(14-23-18)16-8-4-3-5-9-16/h6-7,10,13-14,16,29H,3-5,8-9,11-12H2,1-2H3,(H2,22,24,25,26). The number of nitrogens with one attached hydrogen (secondary N) is 2. The average molecular weight is 396 g/mol. The van der Waals surface area contributed by atoms with Crippen LogP contribution in [0.1, 0.15) is 38.1 Å². The Morgan fingerprint density at radius 1 is 1.17 bits per heavy atom. The molecule has 1 saturated carbocycles. The predicted octanol–water partition coefficient (Wildman–Crippen LogP) is 3.55. The summed E-state index contributed by atoms with van der Waals surface area (Å²) < 4.78 is 2.20. The van der Waals surface area contributed by atoms with Crippen molar-refractivity contribution in [1.82, 2.24) is 19.5 Å². The fraction of sp³-hybridized carbons (Fsp3) is 0.476. The molecule has 0 saturated heterocycles. The number of hydrogen-bond acceptors (Lipinski definition) is 7.